The van der Waals surface area contributed by atoms with Gasteiger partial charge in [-0.3, -0.25) is 4.90 Å². The minimum absolute atomic E-state index is 0.236. The van der Waals surface area contributed by atoms with Crippen LogP contribution >= 0.6 is 0 Å². The van der Waals surface area contributed by atoms with Crippen molar-refractivity contribution < 1.29 is 14.0 Å². The van der Waals surface area contributed by atoms with E-state index in [0.29, 0.717) is 25.4 Å². The van der Waals surface area contributed by atoms with Gasteiger partial charge in [0.2, 0.25) is 0 Å². The first-order valence-corrected chi connectivity index (χ1v) is 8.19. The molecule has 5 heteroatoms. The van der Waals surface area contributed by atoms with Crippen LogP contribution in [0.3, 0.4) is 0 Å². The summed E-state index contributed by atoms with van der Waals surface area (Å²) in [5.41, 5.74) is 2.24. The van der Waals surface area contributed by atoms with E-state index >= 15 is 0 Å². The lowest BCUT2D eigenvalue weighted by Crippen LogP contribution is -2.43. The minimum atomic E-state index is 0.236. The van der Waals surface area contributed by atoms with E-state index in [-0.39, 0.29) is 6.10 Å². The molecule has 3 atom stereocenters. The van der Waals surface area contributed by atoms with Gasteiger partial charge in [0.1, 0.15) is 5.76 Å². The lowest BCUT2D eigenvalue weighted by atomic mass is 9.99. The molecule has 0 aromatic carbocycles. The maximum atomic E-state index is 6.23. The topological polar surface area (TPSA) is 47.7 Å². The van der Waals surface area contributed by atoms with Crippen molar-refractivity contribution in [3.63, 3.8) is 0 Å². The molecule has 1 aromatic rings. The van der Waals surface area contributed by atoms with Crippen LogP contribution in [0.15, 0.2) is 17.2 Å². The summed E-state index contributed by atoms with van der Waals surface area (Å²) in [6, 6.07) is 0.518. The Balaban J connectivity index is 1.55. The highest BCUT2D eigenvalue weighted by Crippen LogP contribution is 2.33. The van der Waals surface area contributed by atoms with Crippen molar-refractivity contribution in [1.82, 2.24) is 10.1 Å². The van der Waals surface area contributed by atoms with E-state index in [9.17, 15) is 0 Å². The van der Waals surface area contributed by atoms with Gasteiger partial charge in [-0.1, -0.05) is 11.2 Å². The fraction of sp³-hybridized carbons (Fsp3) is 0.706. The number of hydrogen-bond donors (Lipinski definition) is 0. The smallest absolute Gasteiger partial charge is 0.138 e. The summed E-state index contributed by atoms with van der Waals surface area (Å²) in [6.45, 7) is 11.0. The van der Waals surface area contributed by atoms with Gasteiger partial charge in [0.15, 0.2) is 0 Å². The summed E-state index contributed by atoms with van der Waals surface area (Å²) < 4.78 is 17.0. The van der Waals surface area contributed by atoms with E-state index in [2.05, 4.69) is 16.6 Å². The zero-order chi connectivity index (χ0) is 15.5. The number of ether oxygens (including phenoxy) is 2. The first-order chi connectivity index (χ1) is 10.7. The third kappa shape index (κ3) is 3.26. The third-order valence-electron chi connectivity index (χ3n) is 4.83. The molecular weight excluding hydrogens is 280 g/mol. The Morgan fingerprint density at radius 1 is 1.36 bits per heavy atom. The molecule has 1 aromatic heterocycles. The minimum Gasteiger partial charge on any atom is -0.375 e. The molecule has 5 nitrogen and oxygen atoms in total. The molecule has 2 aliphatic rings. The molecule has 0 bridgehead atoms. The summed E-state index contributed by atoms with van der Waals surface area (Å²) in [7, 11) is 0. The highest BCUT2D eigenvalue weighted by molar-refractivity contribution is 5.21. The number of nitrogens with zero attached hydrogens (tertiary/aromatic N) is 2. The van der Waals surface area contributed by atoms with Crippen LogP contribution < -0.4 is 0 Å². The summed E-state index contributed by atoms with van der Waals surface area (Å²) in [5, 5.41) is 4.06. The predicted octanol–water partition coefficient (Wildman–Crippen LogP) is 2.62. The molecule has 0 N–H and O–H groups in total. The van der Waals surface area contributed by atoms with Gasteiger partial charge in [0.05, 0.1) is 31.1 Å². The lowest BCUT2D eigenvalue weighted by Gasteiger charge is -2.36. The van der Waals surface area contributed by atoms with E-state index < -0.39 is 0 Å². The Labute approximate surface area is 132 Å². The number of aryl methyl sites for hydroxylation is 2. The van der Waals surface area contributed by atoms with Gasteiger partial charge in [-0.2, -0.15) is 0 Å². The van der Waals surface area contributed by atoms with Crippen molar-refractivity contribution in [1.29, 1.82) is 0 Å². The Morgan fingerprint density at radius 2 is 2.23 bits per heavy atom. The van der Waals surface area contributed by atoms with Gasteiger partial charge in [-0.15, -0.1) is 6.58 Å². The van der Waals surface area contributed by atoms with Gasteiger partial charge in [-0.05, 0) is 33.1 Å². The number of fused-ring (bicyclic) bond motifs is 1. The summed E-state index contributed by atoms with van der Waals surface area (Å²) >= 11 is 0. The average molecular weight is 306 g/mol. The molecule has 22 heavy (non-hydrogen) atoms. The van der Waals surface area contributed by atoms with Crippen molar-refractivity contribution in [2.75, 3.05) is 19.8 Å². The average Bonchev–Trinajstić information content (AvgIpc) is 3.06. The van der Waals surface area contributed by atoms with Gasteiger partial charge in [-0.25, -0.2) is 0 Å². The quantitative estimate of drug-likeness (QED) is 0.597. The molecule has 0 aliphatic carbocycles. The largest absolute Gasteiger partial charge is 0.375 e. The molecule has 0 spiro atoms. The molecule has 2 aliphatic heterocycles. The number of rotatable bonds is 6. The highest BCUT2D eigenvalue weighted by atomic mass is 16.5. The fourth-order valence-corrected chi connectivity index (χ4v) is 3.62. The van der Waals surface area contributed by atoms with Crippen LogP contribution in [-0.2, 0) is 16.0 Å². The van der Waals surface area contributed by atoms with Crippen LogP contribution in [0.1, 0.15) is 36.3 Å². The number of hydrogen-bond acceptors (Lipinski definition) is 5. The van der Waals surface area contributed by atoms with Gasteiger partial charge < -0.3 is 14.0 Å². The zero-order valence-electron chi connectivity index (χ0n) is 13.6. The molecule has 0 radical (unpaired) electrons. The van der Waals surface area contributed by atoms with Crippen LogP contribution in [0.2, 0.25) is 0 Å². The molecule has 122 valence electrons. The maximum absolute atomic E-state index is 6.23. The molecule has 3 rings (SSSR count). The van der Waals surface area contributed by atoms with Crippen molar-refractivity contribution >= 4 is 0 Å². The summed E-state index contributed by atoms with van der Waals surface area (Å²) in [4.78, 5) is 2.53. The van der Waals surface area contributed by atoms with Gasteiger partial charge in [0, 0.05) is 24.7 Å². The van der Waals surface area contributed by atoms with Crippen LogP contribution in [-0.4, -0.2) is 48.1 Å². The third-order valence-corrected chi connectivity index (χ3v) is 4.83. The van der Waals surface area contributed by atoms with E-state index in [0.717, 1.165) is 37.4 Å². The molecule has 3 heterocycles. The monoisotopic (exact) mass is 306 g/mol. The van der Waals surface area contributed by atoms with Gasteiger partial charge in [0.25, 0.3) is 0 Å². The van der Waals surface area contributed by atoms with Crippen molar-refractivity contribution in [3.05, 3.63) is 29.7 Å². The summed E-state index contributed by atoms with van der Waals surface area (Å²) in [5.74, 6) is 0.938. The summed E-state index contributed by atoms with van der Waals surface area (Å²) in [6.07, 6.45) is 5.71. The molecule has 0 unspecified atom stereocenters. The molecule has 0 saturated carbocycles. The first kappa shape index (κ1) is 15.7. The van der Waals surface area contributed by atoms with E-state index in [1.165, 1.54) is 12.0 Å². The van der Waals surface area contributed by atoms with Crippen LogP contribution in [0.4, 0.5) is 0 Å². The second-order valence-corrected chi connectivity index (χ2v) is 6.33. The standard InChI is InChI=1S/C17H26N2O3/c1-4-9-20-11-14-5-6-16-17(21-14)7-8-19(16)10-15-12(2)18-22-13(15)3/h4,14,16-17H,1,5-11H2,2-3H3/t14-,16-,17-/m0/s1. The SMILES string of the molecule is C=CCOC[C@@H]1CC[C@H]2[C@H](CCN2Cc2c(C)noc2C)O1. The Hall–Kier alpha value is -1.17. The molecule has 0 amide bonds. The molecule has 2 saturated heterocycles. The van der Waals surface area contributed by atoms with Crippen molar-refractivity contribution in [3.8, 4) is 0 Å². The number of aromatic nitrogens is 1. The first-order valence-electron chi connectivity index (χ1n) is 8.19. The van der Waals surface area contributed by atoms with E-state index in [4.69, 9.17) is 14.0 Å². The van der Waals surface area contributed by atoms with Crippen LogP contribution in [0.5, 0.6) is 0 Å². The fourth-order valence-electron chi connectivity index (χ4n) is 3.62. The molecular formula is C17H26N2O3. The normalized spacial score (nSPS) is 28.7. The molecule has 2 fully saturated rings. The zero-order valence-corrected chi connectivity index (χ0v) is 13.6. The van der Waals surface area contributed by atoms with E-state index in [1.54, 1.807) is 6.08 Å². The van der Waals surface area contributed by atoms with Crippen molar-refractivity contribution in [2.45, 2.75) is 57.9 Å². The lowest BCUT2D eigenvalue weighted by molar-refractivity contribution is -0.0971. The highest BCUT2D eigenvalue weighted by Gasteiger charge is 2.40. The second kappa shape index (κ2) is 6.94. The van der Waals surface area contributed by atoms with Gasteiger partial charge >= 0.3 is 0 Å². The number of likely N-dealkylation sites (tertiary alicyclic amines) is 1. The maximum Gasteiger partial charge on any atom is 0.138 e. The van der Waals surface area contributed by atoms with E-state index in [1.807, 2.05) is 13.8 Å². The van der Waals surface area contributed by atoms with Crippen LogP contribution in [0.25, 0.3) is 0 Å². The van der Waals surface area contributed by atoms with Crippen molar-refractivity contribution in [2.24, 2.45) is 0 Å². The Morgan fingerprint density at radius 3 is 2.95 bits per heavy atom. The predicted molar refractivity (Wildman–Crippen MR) is 83.7 cm³/mol. The second-order valence-electron chi connectivity index (χ2n) is 6.33. The Kier molecular flexibility index (Phi) is 4.96. The Bertz CT molecular complexity index is 495. The van der Waals surface area contributed by atoms with Crippen LogP contribution in [0, 0.1) is 13.8 Å².